The SMILES string of the molecule is [O-][n+]1c(CI)cccc1CI. The lowest BCUT2D eigenvalue weighted by Gasteiger charge is -2.04. The van der Waals surface area contributed by atoms with Crippen LogP contribution in [0.15, 0.2) is 18.2 Å². The van der Waals surface area contributed by atoms with Crippen LogP contribution in [-0.2, 0) is 8.86 Å². The van der Waals surface area contributed by atoms with Crippen LogP contribution in [0.5, 0.6) is 0 Å². The molecule has 0 aliphatic carbocycles. The number of nitrogens with zero attached hydrogens (tertiary/aromatic N) is 1. The predicted molar refractivity (Wildman–Crippen MR) is 60.9 cm³/mol. The van der Waals surface area contributed by atoms with E-state index >= 15 is 0 Å². The quantitative estimate of drug-likeness (QED) is 0.337. The van der Waals surface area contributed by atoms with Crippen molar-refractivity contribution in [3.8, 4) is 0 Å². The number of hydrogen-bond acceptors (Lipinski definition) is 1. The van der Waals surface area contributed by atoms with E-state index in [9.17, 15) is 5.21 Å². The highest BCUT2D eigenvalue weighted by Crippen LogP contribution is 2.04. The van der Waals surface area contributed by atoms with E-state index in [1.165, 1.54) is 0 Å². The van der Waals surface area contributed by atoms with Gasteiger partial charge in [0.2, 0.25) is 11.4 Å². The summed E-state index contributed by atoms with van der Waals surface area (Å²) in [5, 5.41) is 11.3. The van der Waals surface area contributed by atoms with E-state index in [0.29, 0.717) is 0 Å². The van der Waals surface area contributed by atoms with Gasteiger partial charge in [-0.05, 0) is 6.07 Å². The van der Waals surface area contributed by atoms with Gasteiger partial charge in [-0.15, -0.1) is 0 Å². The van der Waals surface area contributed by atoms with Crippen LogP contribution in [0.4, 0.5) is 0 Å². The molecule has 0 aliphatic heterocycles. The third-order valence-corrected chi connectivity index (χ3v) is 2.94. The molecule has 0 saturated heterocycles. The largest absolute Gasteiger partial charge is 0.618 e. The van der Waals surface area contributed by atoms with Crippen LogP contribution in [0.3, 0.4) is 0 Å². The van der Waals surface area contributed by atoms with Gasteiger partial charge in [0.1, 0.15) is 0 Å². The van der Waals surface area contributed by atoms with Crippen molar-refractivity contribution in [2.24, 2.45) is 0 Å². The van der Waals surface area contributed by atoms with E-state index in [0.717, 1.165) is 25.0 Å². The first-order valence-corrected chi connectivity index (χ1v) is 6.17. The fraction of sp³-hybridized carbons (Fsp3) is 0.286. The van der Waals surface area contributed by atoms with Gasteiger partial charge in [-0.2, -0.15) is 4.73 Å². The molecular formula is C7H7I2NO. The Balaban J connectivity index is 3.10. The molecule has 2 nitrogen and oxygen atoms in total. The van der Waals surface area contributed by atoms with Crippen molar-refractivity contribution in [1.29, 1.82) is 0 Å². The Bertz CT molecular complexity index is 230. The zero-order valence-corrected chi connectivity index (χ0v) is 10.1. The summed E-state index contributed by atoms with van der Waals surface area (Å²) >= 11 is 4.38. The van der Waals surface area contributed by atoms with Gasteiger partial charge in [-0.3, -0.25) is 0 Å². The summed E-state index contributed by atoms with van der Waals surface area (Å²) in [6.07, 6.45) is 0. The molecule has 0 fully saturated rings. The number of pyridine rings is 1. The van der Waals surface area contributed by atoms with Crippen LogP contribution < -0.4 is 4.73 Å². The molecule has 60 valence electrons. The molecule has 1 aromatic rings. The van der Waals surface area contributed by atoms with E-state index in [2.05, 4.69) is 45.2 Å². The molecule has 0 aromatic carbocycles. The fourth-order valence-corrected chi connectivity index (χ4v) is 1.92. The molecule has 0 N–H and O–H groups in total. The molecule has 0 amide bonds. The first-order chi connectivity index (χ1) is 5.29. The molecule has 0 unspecified atom stereocenters. The first-order valence-electron chi connectivity index (χ1n) is 3.12. The predicted octanol–water partition coefficient (Wildman–Crippen LogP) is 2.19. The van der Waals surface area contributed by atoms with Crippen LogP contribution >= 0.6 is 45.2 Å². The molecule has 1 rings (SSSR count). The first kappa shape index (κ1) is 9.50. The topological polar surface area (TPSA) is 26.9 Å². The molecule has 0 bridgehead atoms. The number of aromatic nitrogens is 1. The molecule has 0 atom stereocenters. The number of alkyl halides is 2. The van der Waals surface area contributed by atoms with Gasteiger partial charge in [0.25, 0.3) is 0 Å². The van der Waals surface area contributed by atoms with Crippen molar-refractivity contribution in [2.75, 3.05) is 0 Å². The van der Waals surface area contributed by atoms with Gasteiger partial charge in [-0.25, -0.2) is 0 Å². The minimum atomic E-state index is 0.770. The molecule has 1 heterocycles. The zero-order valence-electron chi connectivity index (χ0n) is 5.76. The molecule has 0 spiro atoms. The van der Waals surface area contributed by atoms with Crippen molar-refractivity contribution < 1.29 is 4.73 Å². The van der Waals surface area contributed by atoms with E-state index in [1.54, 1.807) is 0 Å². The van der Waals surface area contributed by atoms with Crippen LogP contribution in [-0.4, -0.2) is 0 Å². The van der Waals surface area contributed by atoms with E-state index in [4.69, 9.17) is 0 Å². The number of hydrogen-bond donors (Lipinski definition) is 0. The molecule has 0 radical (unpaired) electrons. The Labute approximate surface area is 92.9 Å². The van der Waals surface area contributed by atoms with E-state index in [1.807, 2.05) is 18.2 Å². The van der Waals surface area contributed by atoms with Gasteiger partial charge in [0.15, 0.2) is 0 Å². The maximum absolute atomic E-state index is 11.3. The Morgan fingerprint density at radius 1 is 1.18 bits per heavy atom. The van der Waals surface area contributed by atoms with Gasteiger partial charge < -0.3 is 5.21 Å². The lowest BCUT2D eigenvalue weighted by molar-refractivity contribution is -0.619. The highest BCUT2D eigenvalue weighted by molar-refractivity contribution is 14.1. The summed E-state index contributed by atoms with van der Waals surface area (Å²) in [5.41, 5.74) is 1.67. The maximum atomic E-state index is 11.3. The van der Waals surface area contributed by atoms with Gasteiger partial charge in [0.05, 0.1) is 8.86 Å². The summed E-state index contributed by atoms with van der Waals surface area (Å²) in [7, 11) is 0. The Hall–Kier alpha value is 0.410. The normalized spacial score (nSPS) is 10.0. The van der Waals surface area contributed by atoms with E-state index in [-0.39, 0.29) is 0 Å². The summed E-state index contributed by atoms with van der Waals surface area (Å²) in [5.74, 6) is 0. The van der Waals surface area contributed by atoms with E-state index < -0.39 is 0 Å². The highest BCUT2D eigenvalue weighted by Gasteiger charge is 2.06. The van der Waals surface area contributed by atoms with Crippen molar-refractivity contribution in [1.82, 2.24) is 0 Å². The van der Waals surface area contributed by atoms with Crippen LogP contribution in [0.2, 0.25) is 0 Å². The zero-order chi connectivity index (χ0) is 8.27. The van der Waals surface area contributed by atoms with Crippen molar-refractivity contribution in [2.45, 2.75) is 8.86 Å². The minimum absolute atomic E-state index is 0.770. The van der Waals surface area contributed by atoms with Gasteiger partial charge in [0, 0.05) is 12.1 Å². The maximum Gasteiger partial charge on any atom is 0.202 e. The smallest absolute Gasteiger partial charge is 0.202 e. The standard InChI is InChI=1S/C7H7I2NO/c8-4-6-2-1-3-7(5-9)10(6)11/h1-3H,4-5H2. The Morgan fingerprint density at radius 2 is 1.64 bits per heavy atom. The lowest BCUT2D eigenvalue weighted by Crippen LogP contribution is -2.35. The summed E-state index contributed by atoms with van der Waals surface area (Å²) < 4.78 is 2.55. The Morgan fingerprint density at radius 3 is 2.00 bits per heavy atom. The summed E-state index contributed by atoms with van der Waals surface area (Å²) in [6.45, 7) is 0. The highest BCUT2D eigenvalue weighted by atomic mass is 127. The monoisotopic (exact) mass is 375 g/mol. The fourth-order valence-electron chi connectivity index (χ4n) is 0.788. The Kier molecular flexibility index (Phi) is 3.83. The minimum Gasteiger partial charge on any atom is -0.618 e. The second-order valence-electron chi connectivity index (χ2n) is 2.07. The average Bonchev–Trinajstić information content (AvgIpc) is 2.05. The number of rotatable bonds is 2. The molecule has 0 aliphatic rings. The second-order valence-corrected chi connectivity index (χ2v) is 3.60. The third-order valence-electron chi connectivity index (χ3n) is 1.37. The van der Waals surface area contributed by atoms with Gasteiger partial charge >= 0.3 is 0 Å². The molecule has 0 saturated carbocycles. The van der Waals surface area contributed by atoms with Crippen molar-refractivity contribution >= 4 is 45.2 Å². The van der Waals surface area contributed by atoms with Crippen LogP contribution in [0.1, 0.15) is 11.4 Å². The summed E-state index contributed by atoms with van der Waals surface area (Å²) in [4.78, 5) is 0. The lowest BCUT2D eigenvalue weighted by atomic mass is 10.3. The number of halogens is 2. The summed E-state index contributed by atoms with van der Waals surface area (Å²) in [6, 6.07) is 5.64. The molecule has 1 aromatic heterocycles. The molecule has 11 heavy (non-hydrogen) atoms. The van der Waals surface area contributed by atoms with Crippen molar-refractivity contribution in [3.63, 3.8) is 0 Å². The second kappa shape index (κ2) is 4.44. The molecular weight excluding hydrogens is 368 g/mol. The third kappa shape index (κ3) is 2.17. The van der Waals surface area contributed by atoms with Gasteiger partial charge in [-0.1, -0.05) is 45.2 Å². The molecule has 4 heteroatoms. The van der Waals surface area contributed by atoms with Crippen LogP contribution in [0.25, 0.3) is 0 Å². The van der Waals surface area contributed by atoms with Crippen LogP contribution in [0, 0.1) is 5.21 Å². The average molecular weight is 375 g/mol. The van der Waals surface area contributed by atoms with Crippen molar-refractivity contribution in [3.05, 3.63) is 34.8 Å².